The minimum atomic E-state index is -1.18. The van der Waals surface area contributed by atoms with Gasteiger partial charge in [-0.05, 0) is 51.6 Å². The quantitative estimate of drug-likeness (QED) is 0.371. The van der Waals surface area contributed by atoms with Crippen molar-refractivity contribution >= 4 is 41.3 Å². The molecule has 0 fully saturated rings. The molecule has 6 nitrogen and oxygen atoms in total. The fraction of sp³-hybridized carbons (Fsp3) is 0.450. The van der Waals surface area contributed by atoms with Crippen molar-refractivity contribution in [3.05, 3.63) is 46.4 Å². The molecular formula is C20H25F3N2O4S2. The third-order valence-electron chi connectivity index (χ3n) is 3.34. The Morgan fingerprint density at radius 2 is 1.90 bits per heavy atom. The van der Waals surface area contributed by atoms with Gasteiger partial charge in [-0.1, -0.05) is 26.0 Å². The van der Waals surface area contributed by atoms with Crippen LogP contribution in [0, 0.1) is 11.6 Å². The number of esters is 1. The standard InChI is InChI=1S/C18H19F3N2O4S2.C2H6/c1-5-26-15(24)13-9-12(10-7-6-8-11(19)14(10)20)22-16(28-13)23(29-21)17(25)27-18(2,3)4;1-2/h6-9,12H,5H2,1-4H3;1-2H3. The van der Waals surface area contributed by atoms with Gasteiger partial charge in [0.1, 0.15) is 11.6 Å². The molecule has 0 saturated carbocycles. The first-order chi connectivity index (χ1) is 14.6. The van der Waals surface area contributed by atoms with Crippen LogP contribution in [0.5, 0.6) is 0 Å². The molecule has 0 radical (unpaired) electrons. The third kappa shape index (κ3) is 7.49. The molecule has 0 saturated heterocycles. The Labute approximate surface area is 188 Å². The van der Waals surface area contributed by atoms with Crippen LogP contribution in [-0.4, -0.2) is 33.7 Å². The summed E-state index contributed by atoms with van der Waals surface area (Å²) in [5, 5.41) is -0.272. The van der Waals surface area contributed by atoms with Crippen LogP contribution in [0.3, 0.4) is 0 Å². The Hall–Kier alpha value is -2.14. The summed E-state index contributed by atoms with van der Waals surface area (Å²) in [4.78, 5) is 28.6. The summed E-state index contributed by atoms with van der Waals surface area (Å²) in [6, 6.07) is 2.30. The van der Waals surface area contributed by atoms with Gasteiger partial charge in [-0.15, -0.1) is 3.89 Å². The number of hydrogen-bond acceptors (Lipinski definition) is 7. The van der Waals surface area contributed by atoms with Crippen molar-refractivity contribution in [1.82, 2.24) is 4.31 Å². The molecule has 0 aliphatic carbocycles. The zero-order valence-corrected chi connectivity index (χ0v) is 19.7. The van der Waals surface area contributed by atoms with Gasteiger partial charge in [0.15, 0.2) is 29.1 Å². The number of rotatable bonds is 4. The molecule has 1 amide bonds. The van der Waals surface area contributed by atoms with E-state index in [1.807, 2.05) is 13.8 Å². The van der Waals surface area contributed by atoms with Crippen LogP contribution >= 0.6 is 24.1 Å². The monoisotopic (exact) mass is 478 g/mol. The topological polar surface area (TPSA) is 68.2 Å². The van der Waals surface area contributed by atoms with Crippen LogP contribution in [0.25, 0.3) is 0 Å². The van der Waals surface area contributed by atoms with E-state index >= 15 is 0 Å². The Kier molecular flexibility index (Phi) is 10.4. The minimum absolute atomic E-state index is 0.0480. The predicted molar refractivity (Wildman–Crippen MR) is 117 cm³/mol. The van der Waals surface area contributed by atoms with Crippen LogP contribution in [0.4, 0.5) is 17.5 Å². The zero-order valence-electron chi connectivity index (χ0n) is 18.1. The summed E-state index contributed by atoms with van der Waals surface area (Å²) in [5.74, 6) is -3.03. The van der Waals surface area contributed by atoms with Crippen molar-refractivity contribution in [2.75, 3.05) is 6.61 Å². The molecule has 1 heterocycles. The summed E-state index contributed by atoms with van der Waals surface area (Å²) in [6.45, 7) is 10.4. The molecule has 1 aromatic carbocycles. The normalized spacial score (nSPS) is 15.7. The van der Waals surface area contributed by atoms with Gasteiger partial charge in [0.25, 0.3) is 0 Å². The maximum absolute atomic E-state index is 14.3. The fourth-order valence-corrected chi connectivity index (χ4v) is 3.47. The average Bonchev–Trinajstić information content (AvgIpc) is 2.70. The lowest BCUT2D eigenvalue weighted by Crippen LogP contribution is -2.36. The number of ether oxygens (including phenoxy) is 2. The summed E-state index contributed by atoms with van der Waals surface area (Å²) < 4.78 is 52.1. The van der Waals surface area contributed by atoms with Gasteiger partial charge in [-0.2, -0.15) is 4.31 Å². The molecule has 2 rings (SSSR count). The number of aliphatic imine (C=N–C) groups is 1. The molecular weight excluding hydrogens is 453 g/mol. The Morgan fingerprint density at radius 1 is 1.26 bits per heavy atom. The van der Waals surface area contributed by atoms with E-state index in [0.717, 1.165) is 6.07 Å². The third-order valence-corrected chi connectivity index (χ3v) is 4.91. The van der Waals surface area contributed by atoms with Crippen LogP contribution in [0.15, 0.2) is 34.2 Å². The average molecular weight is 479 g/mol. The highest BCUT2D eigenvalue weighted by Gasteiger charge is 2.34. The highest BCUT2D eigenvalue weighted by molar-refractivity contribution is 8.18. The van der Waals surface area contributed by atoms with Gasteiger partial charge in [-0.3, -0.25) is 0 Å². The van der Waals surface area contributed by atoms with Crippen molar-refractivity contribution in [1.29, 1.82) is 0 Å². The number of carbonyl (C=O) groups excluding carboxylic acids is 2. The van der Waals surface area contributed by atoms with E-state index in [2.05, 4.69) is 4.99 Å². The number of hydrogen-bond donors (Lipinski definition) is 0. The van der Waals surface area contributed by atoms with E-state index < -0.39 is 47.7 Å². The molecule has 31 heavy (non-hydrogen) atoms. The first kappa shape index (κ1) is 26.9. The maximum Gasteiger partial charge on any atom is 0.428 e. The minimum Gasteiger partial charge on any atom is -0.462 e. The van der Waals surface area contributed by atoms with Gasteiger partial charge >= 0.3 is 12.1 Å². The second-order valence-electron chi connectivity index (χ2n) is 6.70. The number of amides is 1. The van der Waals surface area contributed by atoms with Crippen molar-refractivity contribution < 1.29 is 31.7 Å². The molecule has 0 aromatic heterocycles. The lowest BCUT2D eigenvalue weighted by atomic mass is 10.1. The van der Waals surface area contributed by atoms with E-state index in [0.29, 0.717) is 16.1 Å². The molecule has 1 aromatic rings. The van der Waals surface area contributed by atoms with Crippen molar-refractivity contribution in [2.24, 2.45) is 4.99 Å². The summed E-state index contributed by atoms with van der Waals surface area (Å²) in [7, 11) is 0. The van der Waals surface area contributed by atoms with Crippen molar-refractivity contribution in [3.63, 3.8) is 0 Å². The predicted octanol–water partition coefficient (Wildman–Crippen LogP) is 6.35. The van der Waals surface area contributed by atoms with E-state index in [4.69, 9.17) is 9.47 Å². The molecule has 1 aliphatic heterocycles. The van der Waals surface area contributed by atoms with Crippen LogP contribution in [-0.2, 0) is 14.3 Å². The Bertz CT molecular complexity index is 857. The molecule has 1 atom stereocenters. The molecule has 172 valence electrons. The maximum atomic E-state index is 14.3. The molecule has 1 unspecified atom stereocenters. The summed E-state index contributed by atoms with van der Waals surface area (Å²) in [6.07, 6.45) is 0.194. The fourth-order valence-electron chi connectivity index (χ4n) is 2.21. The van der Waals surface area contributed by atoms with Gasteiger partial charge in [0.2, 0.25) is 0 Å². The van der Waals surface area contributed by atoms with Crippen LogP contribution in [0.2, 0.25) is 0 Å². The van der Waals surface area contributed by atoms with E-state index in [1.165, 1.54) is 18.2 Å². The van der Waals surface area contributed by atoms with Gasteiger partial charge < -0.3 is 9.47 Å². The summed E-state index contributed by atoms with van der Waals surface area (Å²) in [5.41, 5.74) is -1.10. The Balaban J connectivity index is 0.00000233. The SMILES string of the molecule is CC.CCOC(=O)C1=CC(c2cccc(F)c2F)N=C(N(SF)C(=O)OC(C)(C)C)S1. The first-order valence-electron chi connectivity index (χ1n) is 9.47. The zero-order chi connectivity index (χ0) is 23.8. The van der Waals surface area contributed by atoms with E-state index in [1.54, 1.807) is 27.7 Å². The lowest BCUT2D eigenvalue weighted by Gasteiger charge is -2.27. The highest BCUT2D eigenvalue weighted by Crippen LogP contribution is 2.37. The number of benzene rings is 1. The summed E-state index contributed by atoms with van der Waals surface area (Å²) >= 11 is 0.177. The van der Waals surface area contributed by atoms with E-state index in [-0.39, 0.29) is 22.2 Å². The number of halogens is 3. The molecule has 11 heteroatoms. The van der Waals surface area contributed by atoms with Gasteiger partial charge in [-0.25, -0.2) is 23.4 Å². The largest absolute Gasteiger partial charge is 0.462 e. The molecule has 0 bridgehead atoms. The van der Waals surface area contributed by atoms with Crippen LogP contribution in [0.1, 0.15) is 53.1 Å². The number of nitrogens with zero attached hydrogens (tertiary/aromatic N) is 2. The van der Waals surface area contributed by atoms with Crippen molar-refractivity contribution in [2.45, 2.75) is 53.2 Å². The lowest BCUT2D eigenvalue weighted by molar-refractivity contribution is -0.137. The van der Waals surface area contributed by atoms with Crippen LogP contribution < -0.4 is 0 Å². The van der Waals surface area contributed by atoms with Gasteiger partial charge in [0.05, 0.1) is 11.5 Å². The number of thioether (sulfide) groups is 1. The molecule has 0 spiro atoms. The smallest absolute Gasteiger partial charge is 0.428 e. The highest BCUT2D eigenvalue weighted by atomic mass is 32.2. The number of amidine groups is 1. The molecule has 0 N–H and O–H groups in total. The first-order valence-corrected chi connectivity index (χ1v) is 11.0. The number of carbonyl (C=O) groups is 2. The second kappa shape index (κ2) is 12.0. The molecule has 1 aliphatic rings. The van der Waals surface area contributed by atoms with E-state index in [9.17, 15) is 22.3 Å². The second-order valence-corrected chi connectivity index (χ2v) is 8.21. The Morgan fingerprint density at radius 3 is 2.45 bits per heavy atom. The van der Waals surface area contributed by atoms with Gasteiger partial charge in [0, 0.05) is 5.56 Å². The van der Waals surface area contributed by atoms with Crippen molar-refractivity contribution in [3.8, 4) is 0 Å².